The molecular weight excluding hydrogens is 269 g/mol. The maximum absolute atomic E-state index is 12.1. The molecule has 1 aliphatic carbocycles. The third-order valence-electron chi connectivity index (χ3n) is 3.69. The molecule has 2 nitrogen and oxygen atoms in total. The lowest BCUT2D eigenvalue weighted by Gasteiger charge is -2.10. The molecule has 1 aromatic carbocycles. The number of halogens is 3. The first-order valence-electron chi connectivity index (χ1n) is 6.71. The molecule has 0 aromatic heterocycles. The summed E-state index contributed by atoms with van der Waals surface area (Å²) in [5.41, 5.74) is 0.726. The van der Waals surface area contributed by atoms with E-state index in [1.807, 2.05) is 0 Å². The Labute approximate surface area is 115 Å². The van der Waals surface area contributed by atoms with E-state index in [-0.39, 0.29) is 23.9 Å². The van der Waals surface area contributed by atoms with E-state index in [9.17, 15) is 18.0 Å². The van der Waals surface area contributed by atoms with Crippen LogP contribution in [0.1, 0.15) is 31.7 Å². The van der Waals surface area contributed by atoms with Gasteiger partial charge in [0.1, 0.15) is 11.5 Å². The number of Topliss-reactive ketones (excluding diaryl/α,β-unsaturated/α-hetero) is 1. The Hall–Kier alpha value is -1.52. The Kier molecular flexibility index (Phi) is 4.35. The molecule has 0 spiro atoms. The molecule has 0 aliphatic heterocycles. The van der Waals surface area contributed by atoms with Gasteiger partial charge in [-0.25, -0.2) is 0 Å². The maximum atomic E-state index is 12.1. The molecule has 2 unspecified atom stereocenters. The Morgan fingerprint density at radius 2 is 1.90 bits per heavy atom. The lowest BCUT2D eigenvalue weighted by atomic mass is 9.96. The highest BCUT2D eigenvalue weighted by Gasteiger charge is 2.31. The van der Waals surface area contributed by atoms with Crippen molar-refractivity contribution in [3.05, 3.63) is 29.8 Å². The summed E-state index contributed by atoms with van der Waals surface area (Å²) in [7, 11) is 0. The Balaban J connectivity index is 1.92. The quantitative estimate of drug-likeness (QED) is 0.831. The minimum absolute atomic E-state index is 0.108. The van der Waals surface area contributed by atoms with Crippen LogP contribution >= 0.6 is 0 Å². The SMILES string of the molecule is CC1CCC(C(=O)Cc2ccc(OC(F)(F)F)cc2)C1. The molecule has 0 bridgehead atoms. The standard InChI is InChI=1S/C15H17F3O2/c1-10-2-5-12(8-10)14(19)9-11-3-6-13(7-4-11)20-15(16,17)18/h3-4,6-7,10,12H,2,5,8-9H2,1H3. The number of rotatable bonds is 4. The van der Waals surface area contributed by atoms with Crippen molar-refractivity contribution < 1.29 is 22.7 Å². The van der Waals surface area contributed by atoms with Crippen molar-refractivity contribution in [1.29, 1.82) is 0 Å². The summed E-state index contributed by atoms with van der Waals surface area (Å²) in [5.74, 6) is 0.615. The molecule has 0 N–H and O–H groups in total. The number of benzene rings is 1. The van der Waals surface area contributed by atoms with Crippen molar-refractivity contribution in [1.82, 2.24) is 0 Å². The maximum Gasteiger partial charge on any atom is 0.573 e. The monoisotopic (exact) mass is 286 g/mol. The van der Waals surface area contributed by atoms with E-state index in [0.29, 0.717) is 5.92 Å². The number of hydrogen-bond acceptors (Lipinski definition) is 2. The van der Waals surface area contributed by atoms with E-state index in [1.54, 1.807) is 0 Å². The van der Waals surface area contributed by atoms with Gasteiger partial charge in [-0.2, -0.15) is 0 Å². The molecule has 1 saturated carbocycles. The van der Waals surface area contributed by atoms with Gasteiger partial charge in [0.15, 0.2) is 0 Å². The fourth-order valence-electron chi connectivity index (χ4n) is 2.65. The molecule has 0 heterocycles. The van der Waals surface area contributed by atoms with Crippen LogP contribution in [0.3, 0.4) is 0 Å². The third kappa shape index (κ3) is 4.25. The van der Waals surface area contributed by atoms with Gasteiger partial charge in [-0.05, 0) is 42.9 Å². The largest absolute Gasteiger partial charge is 0.573 e. The van der Waals surface area contributed by atoms with Crippen molar-refractivity contribution in [2.75, 3.05) is 0 Å². The number of ketones is 1. The summed E-state index contributed by atoms with van der Waals surface area (Å²) < 4.78 is 39.8. The molecule has 1 aliphatic rings. The average Bonchev–Trinajstić information content (AvgIpc) is 2.77. The van der Waals surface area contributed by atoms with Crippen LogP contribution in [0, 0.1) is 11.8 Å². The van der Waals surface area contributed by atoms with E-state index < -0.39 is 6.36 Å². The molecule has 0 amide bonds. The van der Waals surface area contributed by atoms with Crippen molar-refractivity contribution in [3.63, 3.8) is 0 Å². The topological polar surface area (TPSA) is 26.3 Å². The molecule has 110 valence electrons. The normalized spacial score (nSPS) is 22.8. The fourth-order valence-corrected chi connectivity index (χ4v) is 2.65. The number of alkyl halides is 3. The summed E-state index contributed by atoms with van der Waals surface area (Å²) in [6.07, 6.45) is -1.47. The van der Waals surface area contributed by atoms with Crippen LogP contribution in [-0.4, -0.2) is 12.1 Å². The average molecular weight is 286 g/mol. The highest BCUT2D eigenvalue weighted by molar-refractivity contribution is 5.83. The van der Waals surface area contributed by atoms with Crippen LogP contribution < -0.4 is 4.74 Å². The minimum atomic E-state index is -4.68. The van der Waals surface area contributed by atoms with Crippen molar-refractivity contribution in [3.8, 4) is 5.75 Å². The molecule has 0 radical (unpaired) electrons. The van der Waals surface area contributed by atoms with Crippen LogP contribution in [0.4, 0.5) is 13.2 Å². The smallest absolute Gasteiger partial charge is 0.406 e. The van der Waals surface area contributed by atoms with Gasteiger partial charge in [0.25, 0.3) is 0 Å². The zero-order chi connectivity index (χ0) is 14.8. The summed E-state index contributed by atoms with van der Waals surface area (Å²) in [5, 5.41) is 0. The molecule has 5 heteroatoms. The predicted octanol–water partition coefficient (Wildman–Crippen LogP) is 4.13. The number of ether oxygens (including phenoxy) is 1. The van der Waals surface area contributed by atoms with E-state index in [2.05, 4.69) is 11.7 Å². The second-order valence-electron chi connectivity index (χ2n) is 5.45. The lowest BCUT2D eigenvalue weighted by molar-refractivity contribution is -0.274. The lowest BCUT2D eigenvalue weighted by Crippen LogP contribution is -2.17. The van der Waals surface area contributed by atoms with Gasteiger partial charge in [0, 0.05) is 12.3 Å². The number of carbonyl (C=O) groups excluding carboxylic acids is 1. The minimum Gasteiger partial charge on any atom is -0.406 e. The van der Waals surface area contributed by atoms with E-state index in [1.165, 1.54) is 24.3 Å². The molecule has 0 saturated heterocycles. The zero-order valence-corrected chi connectivity index (χ0v) is 11.2. The van der Waals surface area contributed by atoms with Gasteiger partial charge in [-0.15, -0.1) is 13.2 Å². The van der Waals surface area contributed by atoms with Crippen LogP contribution in [-0.2, 0) is 11.2 Å². The van der Waals surface area contributed by atoms with Crippen molar-refractivity contribution in [2.24, 2.45) is 11.8 Å². The Bertz CT molecular complexity index is 465. The summed E-state index contributed by atoms with van der Waals surface area (Å²) in [6.45, 7) is 2.14. The van der Waals surface area contributed by atoms with Crippen LogP contribution in [0.15, 0.2) is 24.3 Å². The Morgan fingerprint density at radius 1 is 1.25 bits per heavy atom. The van der Waals surface area contributed by atoms with Gasteiger partial charge in [0.05, 0.1) is 0 Å². The van der Waals surface area contributed by atoms with Crippen LogP contribution in [0.25, 0.3) is 0 Å². The fraction of sp³-hybridized carbons (Fsp3) is 0.533. The molecule has 1 fully saturated rings. The second kappa shape index (κ2) is 5.85. The molecular formula is C15H17F3O2. The molecule has 2 rings (SSSR count). The first-order chi connectivity index (χ1) is 9.33. The van der Waals surface area contributed by atoms with Gasteiger partial charge < -0.3 is 4.74 Å². The van der Waals surface area contributed by atoms with E-state index in [0.717, 1.165) is 24.8 Å². The molecule has 1 aromatic rings. The molecule has 2 atom stereocenters. The highest BCUT2D eigenvalue weighted by Crippen LogP contribution is 2.31. The first-order valence-corrected chi connectivity index (χ1v) is 6.71. The summed E-state index contributed by atoms with van der Waals surface area (Å²) in [6, 6.07) is 5.51. The van der Waals surface area contributed by atoms with Crippen molar-refractivity contribution >= 4 is 5.78 Å². The third-order valence-corrected chi connectivity index (χ3v) is 3.69. The van der Waals surface area contributed by atoms with Gasteiger partial charge in [-0.3, -0.25) is 4.79 Å². The number of hydrogen-bond donors (Lipinski definition) is 0. The van der Waals surface area contributed by atoms with Crippen LogP contribution in [0.2, 0.25) is 0 Å². The molecule has 20 heavy (non-hydrogen) atoms. The summed E-state index contributed by atoms with van der Waals surface area (Å²) in [4.78, 5) is 12.1. The zero-order valence-electron chi connectivity index (χ0n) is 11.2. The van der Waals surface area contributed by atoms with Crippen molar-refractivity contribution in [2.45, 2.75) is 39.0 Å². The van der Waals surface area contributed by atoms with E-state index in [4.69, 9.17) is 0 Å². The Morgan fingerprint density at radius 3 is 2.40 bits per heavy atom. The van der Waals surface area contributed by atoms with Crippen LogP contribution in [0.5, 0.6) is 5.75 Å². The second-order valence-corrected chi connectivity index (χ2v) is 5.45. The first kappa shape index (κ1) is 14.9. The highest BCUT2D eigenvalue weighted by atomic mass is 19.4. The summed E-state index contributed by atoms with van der Waals surface area (Å²) >= 11 is 0. The van der Waals surface area contributed by atoms with Gasteiger partial charge in [0.2, 0.25) is 0 Å². The number of carbonyl (C=O) groups is 1. The predicted molar refractivity (Wildman–Crippen MR) is 68.3 cm³/mol. The van der Waals surface area contributed by atoms with Gasteiger partial charge in [-0.1, -0.05) is 19.1 Å². The van der Waals surface area contributed by atoms with E-state index >= 15 is 0 Å². The van der Waals surface area contributed by atoms with Gasteiger partial charge >= 0.3 is 6.36 Å².